The van der Waals surface area contributed by atoms with Gasteiger partial charge in [-0.3, -0.25) is 4.79 Å². The Balaban J connectivity index is 1.76. The van der Waals surface area contributed by atoms with Crippen LogP contribution in [-0.4, -0.2) is 5.78 Å². The zero-order valence-corrected chi connectivity index (χ0v) is 12.2. The monoisotopic (exact) mass is 326 g/mol. The lowest BCUT2D eigenvalue weighted by Crippen LogP contribution is -2.06. The summed E-state index contributed by atoms with van der Waals surface area (Å²) in [7, 11) is 0. The molecule has 0 unspecified atom stereocenters. The lowest BCUT2D eigenvalue weighted by molar-refractivity contribution is -0.137. The molecule has 0 radical (unpaired) electrons. The average molecular weight is 326 g/mol. The number of ketones is 1. The molecule has 0 aliphatic heterocycles. The highest BCUT2D eigenvalue weighted by Gasteiger charge is 2.30. The number of Topliss-reactive ketones (excluding diaryl/α,β-unsaturated/α-hetero) is 1. The first-order valence-corrected chi connectivity index (χ1v) is 7.79. The van der Waals surface area contributed by atoms with Gasteiger partial charge in [-0.05, 0) is 35.2 Å². The van der Waals surface area contributed by atoms with Gasteiger partial charge in [0.15, 0.2) is 5.78 Å². The molecule has 3 aromatic rings. The Bertz CT molecular complexity index is 753. The molecule has 0 aliphatic carbocycles. The molecule has 0 aliphatic rings. The first-order valence-electron chi connectivity index (χ1n) is 6.10. The van der Waals surface area contributed by atoms with E-state index in [9.17, 15) is 18.0 Å². The lowest BCUT2D eigenvalue weighted by Gasteiger charge is -2.07. The molecule has 2 heterocycles. The Morgan fingerprint density at radius 2 is 1.76 bits per heavy atom. The molecule has 0 spiro atoms. The first kappa shape index (κ1) is 14.3. The first-order chi connectivity index (χ1) is 9.93. The standard InChI is InChI=1S/C15H9F3OS2/c16-15(17,18)10-3-1-9(2-4-10)7-11(19)13-8-14-12(21-13)5-6-20-14/h1-6,8H,7H2. The Kier molecular flexibility index (Phi) is 3.59. The van der Waals surface area contributed by atoms with E-state index in [-0.39, 0.29) is 12.2 Å². The van der Waals surface area contributed by atoms with Gasteiger partial charge in [-0.25, -0.2) is 0 Å². The van der Waals surface area contributed by atoms with Crippen molar-refractivity contribution in [3.05, 3.63) is 57.8 Å². The van der Waals surface area contributed by atoms with Gasteiger partial charge in [0.2, 0.25) is 0 Å². The molecule has 0 N–H and O–H groups in total. The zero-order chi connectivity index (χ0) is 15.0. The lowest BCUT2D eigenvalue weighted by atomic mass is 10.1. The summed E-state index contributed by atoms with van der Waals surface area (Å²) in [6.45, 7) is 0. The van der Waals surface area contributed by atoms with E-state index in [0.29, 0.717) is 10.4 Å². The van der Waals surface area contributed by atoms with Crippen LogP contribution in [0.15, 0.2) is 41.8 Å². The number of benzene rings is 1. The van der Waals surface area contributed by atoms with E-state index in [1.54, 1.807) is 11.3 Å². The molecule has 2 aromatic heterocycles. The molecule has 0 fully saturated rings. The van der Waals surface area contributed by atoms with Crippen LogP contribution in [0.25, 0.3) is 9.40 Å². The van der Waals surface area contributed by atoms with Crippen molar-refractivity contribution in [2.24, 2.45) is 0 Å². The summed E-state index contributed by atoms with van der Waals surface area (Å²) >= 11 is 2.99. The summed E-state index contributed by atoms with van der Waals surface area (Å²) < 4.78 is 39.5. The fourth-order valence-electron chi connectivity index (χ4n) is 1.99. The van der Waals surface area contributed by atoms with Crippen molar-refractivity contribution in [1.82, 2.24) is 0 Å². The second-order valence-electron chi connectivity index (χ2n) is 4.55. The van der Waals surface area contributed by atoms with Gasteiger partial charge < -0.3 is 0 Å². The van der Waals surface area contributed by atoms with Crippen molar-refractivity contribution in [3.63, 3.8) is 0 Å². The van der Waals surface area contributed by atoms with E-state index < -0.39 is 11.7 Å². The van der Waals surface area contributed by atoms with E-state index in [1.807, 2.05) is 17.5 Å². The van der Waals surface area contributed by atoms with Crippen molar-refractivity contribution in [2.45, 2.75) is 12.6 Å². The van der Waals surface area contributed by atoms with Gasteiger partial charge in [-0.2, -0.15) is 13.2 Å². The molecular weight excluding hydrogens is 317 g/mol. The van der Waals surface area contributed by atoms with Gasteiger partial charge in [0.1, 0.15) is 0 Å². The SMILES string of the molecule is O=C(Cc1ccc(C(F)(F)F)cc1)c1cc2sccc2s1. The van der Waals surface area contributed by atoms with Gasteiger partial charge in [-0.1, -0.05) is 12.1 Å². The second-order valence-corrected chi connectivity index (χ2v) is 6.59. The van der Waals surface area contributed by atoms with Crippen LogP contribution in [0.1, 0.15) is 20.8 Å². The van der Waals surface area contributed by atoms with E-state index >= 15 is 0 Å². The molecule has 1 nitrogen and oxygen atoms in total. The summed E-state index contributed by atoms with van der Waals surface area (Å²) in [5.41, 5.74) is -0.111. The molecule has 3 rings (SSSR count). The van der Waals surface area contributed by atoms with E-state index in [1.165, 1.54) is 23.5 Å². The highest BCUT2D eigenvalue weighted by molar-refractivity contribution is 7.27. The largest absolute Gasteiger partial charge is 0.416 e. The van der Waals surface area contributed by atoms with Crippen LogP contribution in [0.3, 0.4) is 0 Å². The fraction of sp³-hybridized carbons (Fsp3) is 0.133. The average Bonchev–Trinajstić information content (AvgIpc) is 2.98. The van der Waals surface area contributed by atoms with E-state index in [4.69, 9.17) is 0 Å². The second kappa shape index (κ2) is 5.27. The smallest absolute Gasteiger partial charge is 0.293 e. The molecule has 0 amide bonds. The Hall–Kier alpha value is -1.66. The fourth-order valence-corrected chi connectivity index (χ4v) is 4.03. The predicted octanol–water partition coefficient (Wildman–Crippen LogP) is 5.41. The van der Waals surface area contributed by atoms with Crippen LogP contribution >= 0.6 is 22.7 Å². The number of thiophene rings is 2. The topological polar surface area (TPSA) is 17.1 Å². The van der Waals surface area contributed by atoms with Crippen LogP contribution < -0.4 is 0 Å². The number of fused-ring (bicyclic) bond motifs is 1. The summed E-state index contributed by atoms with van der Waals surface area (Å²) in [5, 5.41) is 1.96. The molecule has 108 valence electrons. The van der Waals surface area contributed by atoms with Crippen molar-refractivity contribution in [3.8, 4) is 0 Å². The molecule has 6 heteroatoms. The van der Waals surface area contributed by atoms with Gasteiger partial charge in [0, 0.05) is 15.8 Å². The third-order valence-corrected chi connectivity index (χ3v) is 5.19. The summed E-state index contributed by atoms with van der Waals surface area (Å²) in [6, 6.07) is 8.54. The van der Waals surface area contributed by atoms with E-state index in [2.05, 4.69) is 0 Å². The number of halogens is 3. The number of rotatable bonds is 3. The van der Waals surface area contributed by atoms with Crippen LogP contribution in [0.5, 0.6) is 0 Å². The molecule has 1 aromatic carbocycles. The highest BCUT2D eigenvalue weighted by Crippen LogP contribution is 2.31. The number of carbonyl (C=O) groups excluding carboxylic acids is 1. The highest BCUT2D eigenvalue weighted by atomic mass is 32.1. The molecule has 0 saturated carbocycles. The molecule has 0 bridgehead atoms. The minimum absolute atomic E-state index is 0.0665. The van der Waals surface area contributed by atoms with Crippen molar-refractivity contribution in [1.29, 1.82) is 0 Å². The van der Waals surface area contributed by atoms with Gasteiger partial charge in [0.05, 0.1) is 10.4 Å². The maximum absolute atomic E-state index is 12.5. The minimum atomic E-state index is -4.35. The van der Waals surface area contributed by atoms with E-state index in [0.717, 1.165) is 21.5 Å². The Morgan fingerprint density at radius 3 is 2.38 bits per heavy atom. The van der Waals surface area contributed by atoms with Gasteiger partial charge >= 0.3 is 6.18 Å². The zero-order valence-electron chi connectivity index (χ0n) is 10.6. The van der Waals surface area contributed by atoms with Crippen LogP contribution in [0.2, 0.25) is 0 Å². The Labute approximate surface area is 126 Å². The maximum atomic E-state index is 12.5. The maximum Gasteiger partial charge on any atom is 0.416 e. The number of hydrogen-bond acceptors (Lipinski definition) is 3. The number of alkyl halides is 3. The molecule has 0 atom stereocenters. The quantitative estimate of drug-likeness (QED) is 0.588. The van der Waals surface area contributed by atoms with Crippen LogP contribution in [0.4, 0.5) is 13.2 Å². The minimum Gasteiger partial charge on any atom is -0.293 e. The van der Waals surface area contributed by atoms with Crippen molar-refractivity contribution in [2.75, 3.05) is 0 Å². The van der Waals surface area contributed by atoms with Crippen LogP contribution in [-0.2, 0) is 12.6 Å². The summed E-state index contributed by atoms with van der Waals surface area (Å²) in [4.78, 5) is 12.8. The Morgan fingerprint density at radius 1 is 1.05 bits per heavy atom. The molecule has 21 heavy (non-hydrogen) atoms. The number of hydrogen-bond donors (Lipinski definition) is 0. The van der Waals surface area contributed by atoms with Crippen molar-refractivity contribution >= 4 is 37.9 Å². The normalized spacial score (nSPS) is 12.0. The third-order valence-electron chi connectivity index (χ3n) is 3.06. The third kappa shape index (κ3) is 3.01. The molecular formula is C15H9F3OS2. The number of carbonyl (C=O) groups is 1. The summed E-state index contributed by atoms with van der Waals surface area (Å²) in [6.07, 6.45) is -4.23. The van der Waals surface area contributed by atoms with Crippen molar-refractivity contribution < 1.29 is 18.0 Å². The van der Waals surface area contributed by atoms with Gasteiger partial charge in [-0.15, -0.1) is 22.7 Å². The van der Waals surface area contributed by atoms with Gasteiger partial charge in [0.25, 0.3) is 0 Å². The predicted molar refractivity (Wildman–Crippen MR) is 79.2 cm³/mol. The molecule has 0 saturated heterocycles. The van der Waals surface area contributed by atoms with Crippen LogP contribution in [0, 0.1) is 0 Å². The summed E-state index contributed by atoms with van der Waals surface area (Å²) in [5.74, 6) is -0.0665.